The van der Waals surface area contributed by atoms with Gasteiger partial charge in [-0.1, -0.05) is 40.2 Å². The predicted molar refractivity (Wildman–Crippen MR) is 141 cm³/mol. The van der Waals surface area contributed by atoms with Crippen molar-refractivity contribution in [2.45, 2.75) is 43.4 Å². The molecule has 2 aromatic carbocycles. The van der Waals surface area contributed by atoms with Gasteiger partial charge >= 0.3 is 11.9 Å². The Bertz CT molecular complexity index is 1170. The number of allylic oxidation sites excluding steroid dienone is 1. The van der Waals surface area contributed by atoms with Gasteiger partial charge in [0.25, 0.3) is 0 Å². The fraction of sp³-hybridized carbons (Fsp3) is 0.467. The number of fused-ring (bicyclic) bond motifs is 5. The van der Waals surface area contributed by atoms with Crippen molar-refractivity contribution in [1.82, 2.24) is 0 Å². The topological polar surface area (TPSA) is 61.8 Å². The van der Waals surface area contributed by atoms with Gasteiger partial charge in [0.1, 0.15) is 5.75 Å². The van der Waals surface area contributed by atoms with Crippen LogP contribution in [-0.2, 0) is 30.9 Å². The summed E-state index contributed by atoms with van der Waals surface area (Å²) in [5.74, 6) is -0.0348. The Morgan fingerprint density at radius 3 is 2.31 bits per heavy atom. The molecule has 0 N–H and O–H groups in total. The predicted octanol–water partition coefficient (Wildman–Crippen LogP) is 5.99. The van der Waals surface area contributed by atoms with Gasteiger partial charge in [-0.15, -0.1) is 6.58 Å². The highest BCUT2D eigenvalue weighted by atomic mass is 79.9. The van der Waals surface area contributed by atoms with Crippen molar-refractivity contribution in [1.29, 1.82) is 0 Å². The maximum atomic E-state index is 13.9. The number of rotatable bonds is 5. The molecular weight excluding hydrogens is 520 g/mol. The van der Waals surface area contributed by atoms with Crippen molar-refractivity contribution >= 4 is 27.9 Å². The molecule has 3 aliphatic rings. The second kappa shape index (κ2) is 9.37. The molecule has 2 aromatic rings. The van der Waals surface area contributed by atoms with Crippen molar-refractivity contribution in [3.8, 4) is 5.75 Å². The van der Waals surface area contributed by atoms with Crippen LogP contribution < -0.4 is 4.74 Å². The number of ether oxygens (including phenoxy) is 3. The molecule has 0 saturated heterocycles. The Kier molecular flexibility index (Phi) is 6.52. The quantitative estimate of drug-likeness (QED) is 0.259. The van der Waals surface area contributed by atoms with Crippen LogP contribution in [0.4, 0.5) is 0 Å². The molecule has 0 amide bonds. The number of aryl methyl sites for hydroxylation is 1. The molecule has 5 atom stereocenters. The first-order valence-corrected chi connectivity index (χ1v) is 13.4. The first-order valence-electron chi connectivity index (χ1n) is 12.6. The summed E-state index contributed by atoms with van der Waals surface area (Å²) in [7, 11) is 4.40. The second-order valence-electron chi connectivity index (χ2n) is 10.4. The normalized spacial score (nSPS) is 29.8. The summed E-state index contributed by atoms with van der Waals surface area (Å²) in [6.07, 6.45) is 6.11. The minimum absolute atomic E-state index is 0.117. The van der Waals surface area contributed by atoms with Gasteiger partial charge in [0, 0.05) is 15.8 Å². The Morgan fingerprint density at radius 1 is 1.00 bits per heavy atom. The number of benzene rings is 2. The van der Waals surface area contributed by atoms with Crippen molar-refractivity contribution in [3.05, 3.63) is 76.3 Å². The largest absolute Gasteiger partial charge is 0.497 e. The van der Waals surface area contributed by atoms with E-state index >= 15 is 0 Å². The second-order valence-corrected chi connectivity index (χ2v) is 11.4. The Hall–Kier alpha value is -2.60. The standard InChI is InChI=1S/C30H33BrO5/c1-5-19-9-15-25-24-13-6-18-16-22(34-2)12-14-23(18)26(24)30(27(32)35-3,28(33)36-4)17-29(19,25)20-7-10-21(31)11-8-20/h5,7-8,10-12,14,16,19,24-26H,1,6,9,13,15,17H2,2-4H3/t19-,24-,25+,26+,29+/m0/s1. The molecule has 0 radical (unpaired) electrons. The van der Waals surface area contributed by atoms with Crippen molar-refractivity contribution in [2.75, 3.05) is 21.3 Å². The number of esters is 2. The first-order chi connectivity index (χ1) is 17.4. The molecule has 6 heteroatoms. The molecule has 5 rings (SSSR count). The van der Waals surface area contributed by atoms with Crippen molar-refractivity contribution in [2.24, 2.45) is 23.2 Å². The van der Waals surface area contributed by atoms with Gasteiger partial charge in [0.05, 0.1) is 21.3 Å². The highest BCUT2D eigenvalue weighted by molar-refractivity contribution is 9.10. The van der Waals surface area contributed by atoms with Gasteiger partial charge in [-0.05, 0) is 90.8 Å². The van der Waals surface area contributed by atoms with Crippen LogP contribution in [-0.4, -0.2) is 33.3 Å². The Labute approximate surface area is 221 Å². The SMILES string of the molecule is C=C[C@H]1CC[C@@H]2[C@@H]3CCc4cc(OC)ccc4[C@H]3C(C(=O)OC)(C(=O)OC)C[C@@]21c1ccc(Br)cc1. The lowest BCUT2D eigenvalue weighted by Crippen LogP contribution is -2.61. The van der Waals surface area contributed by atoms with E-state index in [9.17, 15) is 9.59 Å². The van der Waals surface area contributed by atoms with Gasteiger partial charge in [0.2, 0.25) is 0 Å². The molecule has 0 unspecified atom stereocenters. The van der Waals surface area contributed by atoms with E-state index in [4.69, 9.17) is 14.2 Å². The van der Waals surface area contributed by atoms with E-state index in [2.05, 4.69) is 34.6 Å². The number of halogens is 1. The fourth-order valence-electron chi connectivity index (χ4n) is 8.06. The zero-order valence-electron chi connectivity index (χ0n) is 21.1. The lowest BCUT2D eigenvalue weighted by molar-refractivity contribution is -0.181. The summed E-state index contributed by atoms with van der Waals surface area (Å²) >= 11 is 3.57. The molecule has 5 nitrogen and oxygen atoms in total. The van der Waals surface area contributed by atoms with Gasteiger partial charge in [-0.3, -0.25) is 9.59 Å². The maximum Gasteiger partial charge on any atom is 0.323 e. The summed E-state index contributed by atoms with van der Waals surface area (Å²) in [6.45, 7) is 4.20. The van der Waals surface area contributed by atoms with Crippen LogP contribution in [0, 0.1) is 23.2 Å². The number of carbonyl (C=O) groups excluding carboxylic acids is 2. The molecule has 2 saturated carbocycles. The Morgan fingerprint density at radius 2 is 1.69 bits per heavy atom. The van der Waals surface area contributed by atoms with Gasteiger partial charge in [0.15, 0.2) is 5.41 Å². The maximum absolute atomic E-state index is 13.9. The van der Waals surface area contributed by atoms with Crippen LogP contribution in [0.3, 0.4) is 0 Å². The van der Waals surface area contributed by atoms with E-state index in [1.807, 2.05) is 36.4 Å². The molecule has 36 heavy (non-hydrogen) atoms. The third-order valence-corrected chi connectivity index (χ3v) is 9.89. The van der Waals surface area contributed by atoms with Crippen LogP contribution >= 0.6 is 15.9 Å². The van der Waals surface area contributed by atoms with E-state index in [1.54, 1.807) is 7.11 Å². The fourth-order valence-corrected chi connectivity index (χ4v) is 8.32. The van der Waals surface area contributed by atoms with Crippen LogP contribution in [0.5, 0.6) is 5.75 Å². The van der Waals surface area contributed by atoms with E-state index in [0.29, 0.717) is 12.3 Å². The summed E-state index contributed by atoms with van der Waals surface area (Å²) in [6, 6.07) is 14.4. The van der Waals surface area contributed by atoms with E-state index in [0.717, 1.165) is 52.6 Å². The zero-order chi connectivity index (χ0) is 25.7. The number of hydrogen-bond donors (Lipinski definition) is 0. The molecule has 190 valence electrons. The molecule has 2 fully saturated rings. The third-order valence-electron chi connectivity index (χ3n) is 9.36. The van der Waals surface area contributed by atoms with Crippen molar-refractivity contribution < 1.29 is 23.8 Å². The summed E-state index contributed by atoms with van der Waals surface area (Å²) in [5, 5.41) is 0. The van der Waals surface area contributed by atoms with Crippen LogP contribution in [0.25, 0.3) is 0 Å². The highest BCUT2D eigenvalue weighted by Gasteiger charge is 2.70. The van der Waals surface area contributed by atoms with E-state index < -0.39 is 22.8 Å². The molecule has 0 aromatic heterocycles. The summed E-state index contributed by atoms with van der Waals surface area (Å²) in [5.41, 5.74) is 1.43. The van der Waals surface area contributed by atoms with Crippen LogP contribution in [0.2, 0.25) is 0 Å². The lowest BCUT2D eigenvalue weighted by atomic mass is 9.43. The molecule has 0 heterocycles. The van der Waals surface area contributed by atoms with E-state index in [-0.39, 0.29) is 17.8 Å². The molecule has 0 spiro atoms. The van der Waals surface area contributed by atoms with E-state index in [1.165, 1.54) is 14.2 Å². The molecule has 0 aliphatic heterocycles. The minimum Gasteiger partial charge on any atom is -0.497 e. The molecule has 0 bridgehead atoms. The van der Waals surface area contributed by atoms with Gasteiger partial charge in [-0.25, -0.2) is 0 Å². The van der Waals surface area contributed by atoms with Gasteiger partial charge < -0.3 is 14.2 Å². The Balaban J connectivity index is 1.80. The summed E-state index contributed by atoms with van der Waals surface area (Å²) in [4.78, 5) is 27.8. The average molecular weight is 553 g/mol. The average Bonchev–Trinajstić information content (AvgIpc) is 3.30. The monoisotopic (exact) mass is 552 g/mol. The number of hydrogen-bond acceptors (Lipinski definition) is 5. The van der Waals surface area contributed by atoms with Gasteiger partial charge in [-0.2, -0.15) is 0 Å². The lowest BCUT2D eigenvalue weighted by Gasteiger charge is -2.58. The van der Waals surface area contributed by atoms with Crippen LogP contribution in [0.1, 0.15) is 48.3 Å². The minimum atomic E-state index is -1.47. The molecule has 3 aliphatic carbocycles. The van der Waals surface area contributed by atoms with Crippen LogP contribution in [0.15, 0.2) is 59.6 Å². The highest BCUT2D eigenvalue weighted by Crippen LogP contribution is 2.69. The zero-order valence-corrected chi connectivity index (χ0v) is 22.7. The number of carbonyl (C=O) groups is 2. The summed E-state index contributed by atoms with van der Waals surface area (Å²) < 4.78 is 17.4. The number of methoxy groups -OCH3 is 3. The smallest absolute Gasteiger partial charge is 0.323 e. The van der Waals surface area contributed by atoms with Crippen molar-refractivity contribution in [3.63, 3.8) is 0 Å². The molecular formula is C30H33BrO5. The first kappa shape index (κ1) is 25.1. The third kappa shape index (κ3) is 3.40.